The van der Waals surface area contributed by atoms with E-state index in [1.54, 1.807) is 11.8 Å². The van der Waals surface area contributed by atoms with E-state index in [4.69, 9.17) is 4.74 Å². The molecule has 1 aromatic heterocycles. The van der Waals surface area contributed by atoms with E-state index in [-0.39, 0.29) is 0 Å². The number of benzene rings is 2. The first-order valence-corrected chi connectivity index (χ1v) is 10.5. The van der Waals surface area contributed by atoms with Gasteiger partial charge < -0.3 is 9.30 Å². The Bertz CT molecular complexity index is 898. The van der Waals surface area contributed by atoms with Gasteiger partial charge >= 0.3 is 0 Å². The van der Waals surface area contributed by atoms with Gasteiger partial charge in [-0.3, -0.25) is 0 Å². The smallest absolute Gasteiger partial charge is 0.191 e. The standard InChI is InChI=1S/C22H25N3OS/c1-16-6-5-7-17(14-16)15-27-22-24-23-21(25(22)2)18-10-12-20(13-11-18)26-19-8-3-4-9-19/h5-7,10-14,19H,3-4,8-9,15H2,1-2H3. The highest BCUT2D eigenvalue weighted by atomic mass is 32.2. The molecule has 1 aliphatic rings. The van der Waals surface area contributed by atoms with Gasteiger partial charge in [-0.25, -0.2) is 0 Å². The van der Waals surface area contributed by atoms with E-state index < -0.39 is 0 Å². The number of hydrogen-bond acceptors (Lipinski definition) is 4. The summed E-state index contributed by atoms with van der Waals surface area (Å²) < 4.78 is 8.11. The maximum absolute atomic E-state index is 6.05. The zero-order valence-corrected chi connectivity index (χ0v) is 16.7. The molecule has 5 heteroatoms. The summed E-state index contributed by atoms with van der Waals surface area (Å²) in [4.78, 5) is 0. The number of ether oxygens (including phenoxy) is 1. The molecule has 0 unspecified atom stereocenters. The Balaban J connectivity index is 1.43. The fraction of sp³-hybridized carbons (Fsp3) is 0.364. The van der Waals surface area contributed by atoms with Crippen molar-refractivity contribution in [1.82, 2.24) is 14.8 Å². The fourth-order valence-electron chi connectivity index (χ4n) is 3.52. The summed E-state index contributed by atoms with van der Waals surface area (Å²) in [5.41, 5.74) is 3.65. The van der Waals surface area contributed by atoms with Crippen molar-refractivity contribution < 1.29 is 4.74 Å². The second kappa shape index (κ2) is 8.17. The summed E-state index contributed by atoms with van der Waals surface area (Å²) in [5.74, 6) is 2.72. The molecule has 0 atom stereocenters. The van der Waals surface area contributed by atoms with Crippen LogP contribution in [0.3, 0.4) is 0 Å². The Morgan fingerprint density at radius 3 is 2.59 bits per heavy atom. The van der Waals surface area contributed by atoms with E-state index in [1.807, 2.05) is 19.2 Å². The quantitative estimate of drug-likeness (QED) is 0.537. The zero-order valence-electron chi connectivity index (χ0n) is 15.9. The number of aromatic nitrogens is 3. The van der Waals surface area contributed by atoms with Gasteiger partial charge in [-0.15, -0.1) is 10.2 Å². The highest BCUT2D eigenvalue weighted by Gasteiger charge is 2.17. The van der Waals surface area contributed by atoms with Crippen LogP contribution in [0.1, 0.15) is 36.8 Å². The van der Waals surface area contributed by atoms with Crippen molar-refractivity contribution in [1.29, 1.82) is 0 Å². The van der Waals surface area contributed by atoms with Gasteiger partial charge in [0.15, 0.2) is 11.0 Å². The van der Waals surface area contributed by atoms with Crippen LogP contribution in [0.25, 0.3) is 11.4 Å². The molecule has 2 aromatic carbocycles. The molecule has 140 valence electrons. The van der Waals surface area contributed by atoms with Crippen LogP contribution in [0.4, 0.5) is 0 Å². The first-order chi connectivity index (χ1) is 13.2. The van der Waals surface area contributed by atoms with Crippen molar-refractivity contribution in [3.63, 3.8) is 0 Å². The number of rotatable bonds is 6. The minimum Gasteiger partial charge on any atom is -0.490 e. The van der Waals surface area contributed by atoms with E-state index in [2.05, 4.69) is 58.1 Å². The lowest BCUT2D eigenvalue weighted by atomic mass is 10.2. The van der Waals surface area contributed by atoms with Crippen molar-refractivity contribution in [2.75, 3.05) is 0 Å². The predicted octanol–water partition coefficient (Wildman–Crippen LogP) is 5.40. The molecule has 3 aromatic rings. The van der Waals surface area contributed by atoms with E-state index in [1.165, 1.54) is 36.8 Å². The third-order valence-corrected chi connectivity index (χ3v) is 6.09. The van der Waals surface area contributed by atoms with Crippen molar-refractivity contribution in [3.05, 3.63) is 59.7 Å². The molecular formula is C22H25N3OS. The summed E-state index contributed by atoms with van der Waals surface area (Å²) >= 11 is 1.71. The largest absolute Gasteiger partial charge is 0.490 e. The fourth-order valence-corrected chi connectivity index (χ4v) is 4.38. The van der Waals surface area contributed by atoms with Gasteiger partial charge in [0.05, 0.1) is 6.10 Å². The van der Waals surface area contributed by atoms with Crippen LogP contribution < -0.4 is 4.74 Å². The molecule has 0 N–H and O–H groups in total. The third-order valence-electron chi connectivity index (χ3n) is 5.00. The molecular weight excluding hydrogens is 354 g/mol. The van der Waals surface area contributed by atoms with Gasteiger partial charge in [0.2, 0.25) is 0 Å². The molecule has 4 nitrogen and oxygen atoms in total. The SMILES string of the molecule is Cc1cccc(CSc2nnc(-c3ccc(OC4CCCC4)cc3)n2C)c1. The highest BCUT2D eigenvalue weighted by Crippen LogP contribution is 2.28. The van der Waals surface area contributed by atoms with Crippen molar-refractivity contribution >= 4 is 11.8 Å². The van der Waals surface area contributed by atoms with Crippen LogP contribution in [0.5, 0.6) is 5.75 Å². The Morgan fingerprint density at radius 2 is 1.85 bits per heavy atom. The average Bonchev–Trinajstić information content (AvgIpc) is 3.31. The summed E-state index contributed by atoms with van der Waals surface area (Å²) in [7, 11) is 2.02. The highest BCUT2D eigenvalue weighted by molar-refractivity contribution is 7.98. The van der Waals surface area contributed by atoms with Gasteiger partial charge in [-0.05, 0) is 62.4 Å². The minimum absolute atomic E-state index is 0.385. The first kappa shape index (κ1) is 18.1. The molecule has 1 saturated carbocycles. The van der Waals surface area contributed by atoms with E-state index in [0.29, 0.717) is 6.10 Å². The molecule has 0 saturated heterocycles. The lowest BCUT2D eigenvalue weighted by Crippen LogP contribution is -2.10. The van der Waals surface area contributed by atoms with E-state index in [0.717, 1.165) is 28.0 Å². The topological polar surface area (TPSA) is 39.9 Å². The normalized spacial score (nSPS) is 14.6. The van der Waals surface area contributed by atoms with Crippen LogP contribution in [0, 0.1) is 6.92 Å². The molecule has 1 aliphatic carbocycles. The van der Waals surface area contributed by atoms with Gasteiger partial charge in [-0.2, -0.15) is 0 Å². The van der Waals surface area contributed by atoms with Gasteiger partial charge in [0, 0.05) is 18.4 Å². The summed E-state index contributed by atoms with van der Waals surface area (Å²) in [5, 5.41) is 9.71. The van der Waals surface area contributed by atoms with Crippen LogP contribution in [0.15, 0.2) is 53.7 Å². The maximum atomic E-state index is 6.05. The van der Waals surface area contributed by atoms with Crippen LogP contribution >= 0.6 is 11.8 Å². The molecule has 0 radical (unpaired) electrons. The van der Waals surface area contributed by atoms with Crippen molar-refractivity contribution in [3.8, 4) is 17.1 Å². The predicted molar refractivity (Wildman–Crippen MR) is 110 cm³/mol. The maximum Gasteiger partial charge on any atom is 0.191 e. The van der Waals surface area contributed by atoms with Crippen LogP contribution in [0.2, 0.25) is 0 Å². The van der Waals surface area contributed by atoms with Gasteiger partial charge in [0.25, 0.3) is 0 Å². The third kappa shape index (κ3) is 4.35. The zero-order chi connectivity index (χ0) is 18.6. The van der Waals surface area contributed by atoms with Crippen molar-refractivity contribution in [2.45, 2.75) is 49.6 Å². The molecule has 0 bridgehead atoms. The number of aryl methyl sites for hydroxylation is 1. The summed E-state index contributed by atoms with van der Waals surface area (Å²) in [6, 6.07) is 16.8. The van der Waals surface area contributed by atoms with Crippen molar-refractivity contribution in [2.24, 2.45) is 7.05 Å². The number of nitrogens with zero attached hydrogens (tertiary/aromatic N) is 3. The Kier molecular flexibility index (Phi) is 5.48. The Morgan fingerprint density at radius 1 is 1.07 bits per heavy atom. The molecule has 0 amide bonds. The molecule has 0 aliphatic heterocycles. The van der Waals surface area contributed by atoms with E-state index >= 15 is 0 Å². The second-order valence-corrected chi connectivity index (χ2v) is 8.13. The average molecular weight is 380 g/mol. The lowest BCUT2D eigenvalue weighted by Gasteiger charge is -2.13. The molecule has 27 heavy (non-hydrogen) atoms. The number of hydrogen-bond donors (Lipinski definition) is 0. The van der Waals surface area contributed by atoms with E-state index in [9.17, 15) is 0 Å². The minimum atomic E-state index is 0.385. The van der Waals surface area contributed by atoms with Gasteiger partial charge in [0.1, 0.15) is 5.75 Å². The number of thioether (sulfide) groups is 1. The molecule has 1 fully saturated rings. The van der Waals surface area contributed by atoms with Gasteiger partial charge in [-0.1, -0.05) is 41.6 Å². The monoisotopic (exact) mass is 379 g/mol. The van der Waals surface area contributed by atoms with Crippen LogP contribution in [-0.4, -0.2) is 20.9 Å². The molecule has 4 rings (SSSR count). The summed E-state index contributed by atoms with van der Waals surface area (Å²) in [6.07, 6.45) is 5.30. The molecule has 0 spiro atoms. The summed E-state index contributed by atoms with van der Waals surface area (Å²) in [6.45, 7) is 2.12. The molecule has 1 heterocycles. The second-order valence-electron chi connectivity index (χ2n) is 7.19. The first-order valence-electron chi connectivity index (χ1n) is 9.54. The van der Waals surface area contributed by atoms with Crippen LogP contribution in [-0.2, 0) is 12.8 Å². The Hall–Kier alpha value is -2.27. The lowest BCUT2D eigenvalue weighted by molar-refractivity contribution is 0.210. The Labute approximate surface area is 165 Å².